The van der Waals surface area contributed by atoms with Crippen LogP contribution in [0.4, 0.5) is 5.69 Å². The molecule has 5 N–H and O–H groups in total. The van der Waals surface area contributed by atoms with Crippen molar-refractivity contribution in [2.45, 2.75) is 56.5 Å². The summed E-state index contributed by atoms with van der Waals surface area (Å²) in [5.74, 6) is 0.720. The van der Waals surface area contributed by atoms with E-state index in [0.29, 0.717) is 36.7 Å². The fraction of sp³-hybridized carbons (Fsp3) is 0.368. The van der Waals surface area contributed by atoms with Crippen molar-refractivity contribution in [3.05, 3.63) is 106 Å². The number of hydrogen-bond acceptors (Lipinski definition) is 6. The fourth-order valence-electron chi connectivity index (χ4n) is 7.49. The molecule has 2 unspecified atom stereocenters. The van der Waals surface area contributed by atoms with Crippen LogP contribution in [0.15, 0.2) is 72.2 Å². The summed E-state index contributed by atoms with van der Waals surface area (Å²) in [7, 11) is 3.49. The number of nitrogens with two attached hydrogens (primary N) is 1. The summed E-state index contributed by atoms with van der Waals surface area (Å²) < 4.78 is 0. The number of aryl methyl sites for hydroxylation is 3. The van der Waals surface area contributed by atoms with Crippen LogP contribution < -0.4 is 21.7 Å². The molecule has 2 amide bonds. The Hall–Kier alpha value is -4.94. The number of benzene rings is 3. The lowest BCUT2D eigenvalue weighted by atomic mass is 9.68. The van der Waals surface area contributed by atoms with Crippen molar-refractivity contribution in [1.29, 1.82) is 5.26 Å². The topological polar surface area (TPSA) is 136 Å². The normalized spacial score (nSPS) is 22.6. The van der Waals surface area contributed by atoms with Crippen LogP contribution in [0.2, 0.25) is 0 Å². The van der Waals surface area contributed by atoms with Crippen LogP contribution in [0.25, 0.3) is 5.70 Å². The van der Waals surface area contributed by atoms with Gasteiger partial charge < -0.3 is 26.6 Å². The van der Waals surface area contributed by atoms with Gasteiger partial charge in [-0.05, 0) is 110 Å². The van der Waals surface area contributed by atoms with Crippen molar-refractivity contribution < 1.29 is 9.59 Å². The second-order valence-corrected chi connectivity index (χ2v) is 13.0. The van der Waals surface area contributed by atoms with Gasteiger partial charge in [-0.1, -0.05) is 42.5 Å². The van der Waals surface area contributed by atoms with Crippen LogP contribution in [0, 0.1) is 24.2 Å². The van der Waals surface area contributed by atoms with Crippen LogP contribution >= 0.6 is 0 Å². The molecule has 0 aromatic heterocycles. The van der Waals surface area contributed by atoms with E-state index in [1.807, 2.05) is 56.4 Å². The fourth-order valence-corrected chi connectivity index (χ4v) is 7.49. The number of hydrogen-bond donors (Lipinski definition) is 4. The van der Waals surface area contributed by atoms with E-state index in [-0.39, 0.29) is 30.4 Å². The monoisotopic (exact) mass is 629 g/mol. The van der Waals surface area contributed by atoms with Gasteiger partial charge in [0, 0.05) is 31.4 Å². The molecule has 1 heterocycles. The van der Waals surface area contributed by atoms with Crippen molar-refractivity contribution in [2.75, 3.05) is 27.2 Å². The van der Waals surface area contributed by atoms with E-state index < -0.39 is 5.41 Å². The zero-order valence-corrected chi connectivity index (χ0v) is 27.4. The van der Waals surface area contributed by atoms with E-state index in [1.165, 1.54) is 0 Å². The van der Waals surface area contributed by atoms with E-state index in [4.69, 9.17) is 10.7 Å². The zero-order valence-electron chi connectivity index (χ0n) is 27.4. The van der Waals surface area contributed by atoms with E-state index in [2.05, 4.69) is 46.8 Å². The number of nitrogens with one attached hydrogen (secondary N) is 3. The Morgan fingerprint density at radius 2 is 1.66 bits per heavy atom. The Labute approximate surface area is 276 Å². The van der Waals surface area contributed by atoms with Crippen molar-refractivity contribution >= 4 is 29.0 Å². The number of rotatable bonds is 10. The maximum absolute atomic E-state index is 13.3. The van der Waals surface area contributed by atoms with Crippen LogP contribution in [-0.2, 0) is 23.1 Å². The van der Waals surface area contributed by atoms with Crippen molar-refractivity contribution in [1.82, 2.24) is 20.9 Å². The van der Waals surface area contributed by atoms with E-state index in [1.54, 1.807) is 11.9 Å². The number of nitrogens with zero attached hydrogens (tertiary/aromatic N) is 3. The molecule has 1 aliphatic heterocycles. The Kier molecular flexibility index (Phi) is 8.89. The summed E-state index contributed by atoms with van der Waals surface area (Å²) in [6, 6.07) is 22.4. The second-order valence-electron chi connectivity index (χ2n) is 13.0. The maximum Gasteiger partial charge on any atom is 0.251 e. The highest BCUT2D eigenvalue weighted by Gasteiger charge is 2.54. The van der Waals surface area contributed by atoms with Gasteiger partial charge >= 0.3 is 0 Å². The summed E-state index contributed by atoms with van der Waals surface area (Å²) in [4.78, 5) is 32.9. The lowest BCUT2D eigenvalue weighted by Gasteiger charge is -2.37. The molecule has 3 aromatic rings. The van der Waals surface area contributed by atoms with E-state index in [9.17, 15) is 14.9 Å². The van der Waals surface area contributed by atoms with Crippen LogP contribution in [0.3, 0.4) is 0 Å². The van der Waals surface area contributed by atoms with Crippen molar-refractivity contribution in [3.63, 3.8) is 0 Å². The van der Waals surface area contributed by atoms with Crippen LogP contribution in [-0.4, -0.2) is 61.8 Å². The average Bonchev–Trinajstić information content (AvgIpc) is 3.78. The number of carbonyl (C=O) groups is 2. The molecule has 2 fully saturated rings. The molecule has 6 rings (SSSR count). The SMILES string of the molecule is C=C(NC)c1ccc2c(c1)CCc1cc(C(=O)NC)ccc1C2(CCNCC(=O)N1C(C#N)C[C@@H]2C[C@@H]21)C(N)=Nc1ccc(C)cc1. The molecule has 0 spiro atoms. The largest absolute Gasteiger partial charge is 0.388 e. The summed E-state index contributed by atoms with van der Waals surface area (Å²) >= 11 is 0. The van der Waals surface area contributed by atoms with Gasteiger partial charge in [-0.3, -0.25) is 9.59 Å². The first kappa shape index (κ1) is 32.0. The first-order chi connectivity index (χ1) is 22.7. The molecule has 1 saturated heterocycles. The van der Waals surface area contributed by atoms with Gasteiger partial charge in [0.2, 0.25) is 5.91 Å². The highest BCUT2D eigenvalue weighted by molar-refractivity contribution is 5.99. The lowest BCUT2D eigenvalue weighted by molar-refractivity contribution is -0.131. The third kappa shape index (κ3) is 6.01. The minimum atomic E-state index is -0.868. The number of amides is 2. The predicted molar refractivity (Wildman–Crippen MR) is 185 cm³/mol. The first-order valence-electron chi connectivity index (χ1n) is 16.4. The van der Waals surface area contributed by atoms with E-state index >= 15 is 0 Å². The summed E-state index contributed by atoms with van der Waals surface area (Å²) in [5.41, 5.74) is 14.8. The van der Waals surface area contributed by atoms with Gasteiger partial charge in [-0.15, -0.1) is 0 Å². The zero-order chi connectivity index (χ0) is 33.3. The van der Waals surface area contributed by atoms with Gasteiger partial charge in [0.05, 0.1) is 23.7 Å². The minimum absolute atomic E-state index is 0.0380. The van der Waals surface area contributed by atoms with E-state index in [0.717, 1.165) is 64.0 Å². The molecular formula is C38H43N7O2. The van der Waals surface area contributed by atoms with Crippen LogP contribution in [0.5, 0.6) is 0 Å². The molecule has 1 saturated carbocycles. The number of aliphatic imine (C=N–C) groups is 1. The molecule has 2 aliphatic carbocycles. The number of piperidine rings is 1. The molecule has 47 heavy (non-hydrogen) atoms. The highest BCUT2D eigenvalue weighted by atomic mass is 16.2. The lowest BCUT2D eigenvalue weighted by Crippen LogP contribution is -2.47. The Balaban J connectivity index is 1.43. The minimum Gasteiger partial charge on any atom is -0.388 e. The molecule has 9 heteroatoms. The average molecular weight is 630 g/mol. The Morgan fingerprint density at radius 1 is 1.00 bits per heavy atom. The molecule has 3 aliphatic rings. The summed E-state index contributed by atoms with van der Waals surface area (Å²) in [6.45, 7) is 6.84. The molecule has 242 valence electrons. The third-order valence-electron chi connectivity index (χ3n) is 10.1. The summed E-state index contributed by atoms with van der Waals surface area (Å²) in [5, 5.41) is 18.9. The smallest absolute Gasteiger partial charge is 0.251 e. The highest BCUT2D eigenvalue weighted by Crippen LogP contribution is 2.48. The third-order valence-corrected chi connectivity index (χ3v) is 10.1. The number of carbonyl (C=O) groups excluding carboxylic acids is 2. The molecule has 9 nitrogen and oxygen atoms in total. The van der Waals surface area contributed by atoms with Crippen molar-refractivity contribution in [3.8, 4) is 6.07 Å². The van der Waals surface area contributed by atoms with Gasteiger partial charge in [0.25, 0.3) is 5.91 Å². The first-order valence-corrected chi connectivity index (χ1v) is 16.4. The molecule has 4 atom stereocenters. The quantitative estimate of drug-likeness (QED) is 0.152. The molecule has 0 radical (unpaired) electrons. The van der Waals surface area contributed by atoms with Gasteiger partial charge in [0.1, 0.15) is 11.9 Å². The summed E-state index contributed by atoms with van der Waals surface area (Å²) in [6.07, 6.45) is 3.73. The number of fused-ring (bicyclic) bond motifs is 3. The standard InChI is InChI=1S/C38H43N7O2/c1-23-5-11-30(12-6-23)44-37(40)38(15-16-43-22-35(46)45-31(21-39)19-29-20-34(29)45)32-13-9-25(24(2)41-3)17-26(32)7-8-27-18-28(36(47)42-4)10-14-33(27)38/h5-6,9-14,17-18,29,31,34,41,43H,2,7-8,15-16,19-20,22H2,1,3-4H3,(H2,40,44)(H,42,47)/t29-,31?,34+,38?/m1/s1. The van der Waals surface area contributed by atoms with Crippen LogP contribution in [0.1, 0.15) is 63.0 Å². The number of nitriles is 1. The van der Waals surface area contributed by atoms with Gasteiger partial charge in [-0.2, -0.15) is 5.26 Å². The molecule has 3 aromatic carbocycles. The molecule has 0 bridgehead atoms. The second kappa shape index (κ2) is 13.0. The molecular weight excluding hydrogens is 586 g/mol. The van der Waals surface area contributed by atoms with Gasteiger partial charge in [0.15, 0.2) is 0 Å². The Bertz CT molecular complexity index is 1720. The predicted octanol–water partition coefficient (Wildman–Crippen LogP) is 4.11. The van der Waals surface area contributed by atoms with Crippen molar-refractivity contribution in [2.24, 2.45) is 16.6 Å². The maximum atomic E-state index is 13.3. The van der Waals surface area contributed by atoms with Gasteiger partial charge in [-0.25, -0.2) is 4.99 Å². The Morgan fingerprint density at radius 3 is 2.30 bits per heavy atom. The number of likely N-dealkylation sites (tertiary alicyclic amines) is 1. The number of amidine groups is 1.